The zero-order valence-electron chi connectivity index (χ0n) is 13.9. The van der Waals surface area contributed by atoms with Gasteiger partial charge in [0.2, 0.25) is 0 Å². The van der Waals surface area contributed by atoms with E-state index < -0.39 is 0 Å². The molecule has 24 heavy (non-hydrogen) atoms. The summed E-state index contributed by atoms with van der Waals surface area (Å²) >= 11 is 0. The summed E-state index contributed by atoms with van der Waals surface area (Å²) in [5, 5.41) is 7.25. The van der Waals surface area contributed by atoms with Crippen LogP contribution in [0.1, 0.15) is 34.1 Å². The van der Waals surface area contributed by atoms with Gasteiger partial charge in [0.05, 0.1) is 24.0 Å². The van der Waals surface area contributed by atoms with E-state index in [4.69, 9.17) is 0 Å². The number of nitrogens with one attached hydrogen (secondary N) is 1. The minimum atomic E-state index is -0.177. The van der Waals surface area contributed by atoms with Crippen molar-refractivity contribution in [1.29, 1.82) is 0 Å². The largest absolute Gasteiger partial charge is 0.306 e. The summed E-state index contributed by atoms with van der Waals surface area (Å²) in [5.41, 5.74) is 3.72. The Hall–Kier alpha value is -2.95. The Labute approximate surface area is 141 Å². The van der Waals surface area contributed by atoms with Crippen molar-refractivity contribution in [1.82, 2.24) is 14.8 Å². The Morgan fingerprint density at radius 3 is 2.71 bits per heavy atom. The Morgan fingerprint density at radius 2 is 2.00 bits per heavy atom. The van der Waals surface area contributed by atoms with Gasteiger partial charge in [-0.05, 0) is 36.6 Å². The molecule has 0 aliphatic rings. The molecule has 1 N–H and O–H groups in total. The molecule has 5 nitrogen and oxygen atoms in total. The van der Waals surface area contributed by atoms with Crippen molar-refractivity contribution < 1.29 is 4.79 Å². The Balaban J connectivity index is 1.82. The standard InChI is InChI=1S/C19H20N4O/c1-3-17-16(19(24)22-18-11-14(2)9-10-20-18)12-21-23(17)13-15-7-5-4-6-8-15/h4-12H,3,13H2,1-2H3,(H,20,22,24). The monoisotopic (exact) mass is 320 g/mol. The van der Waals surface area contributed by atoms with Gasteiger partial charge in [0.1, 0.15) is 5.82 Å². The molecule has 122 valence electrons. The van der Waals surface area contributed by atoms with E-state index in [1.807, 2.05) is 48.9 Å². The number of anilines is 1. The first-order valence-corrected chi connectivity index (χ1v) is 8.00. The first kappa shape index (κ1) is 15.9. The quantitative estimate of drug-likeness (QED) is 0.783. The molecular weight excluding hydrogens is 300 g/mol. The van der Waals surface area contributed by atoms with Gasteiger partial charge in [-0.2, -0.15) is 5.10 Å². The molecule has 5 heteroatoms. The molecule has 0 atom stereocenters. The van der Waals surface area contributed by atoms with E-state index in [0.717, 1.165) is 23.2 Å². The first-order chi connectivity index (χ1) is 11.7. The maximum Gasteiger partial charge on any atom is 0.260 e. The second kappa shape index (κ2) is 7.08. The minimum absolute atomic E-state index is 0.177. The van der Waals surface area contributed by atoms with Gasteiger partial charge in [0, 0.05) is 6.20 Å². The van der Waals surface area contributed by atoms with Crippen LogP contribution < -0.4 is 5.32 Å². The third-order valence-electron chi connectivity index (χ3n) is 3.86. The van der Waals surface area contributed by atoms with Crippen molar-refractivity contribution in [2.45, 2.75) is 26.8 Å². The van der Waals surface area contributed by atoms with E-state index >= 15 is 0 Å². The van der Waals surface area contributed by atoms with E-state index in [9.17, 15) is 4.79 Å². The maximum absolute atomic E-state index is 12.6. The van der Waals surface area contributed by atoms with Crippen LogP contribution in [-0.2, 0) is 13.0 Å². The molecule has 1 aromatic carbocycles. The molecule has 0 fully saturated rings. The number of nitrogens with zero attached hydrogens (tertiary/aromatic N) is 3. The second-order valence-electron chi connectivity index (χ2n) is 5.67. The lowest BCUT2D eigenvalue weighted by Gasteiger charge is -2.09. The van der Waals surface area contributed by atoms with Crippen molar-refractivity contribution >= 4 is 11.7 Å². The zero-order valence-corrected chi connectivity index (χ0v) is 13.9. The third-order valence-corrected chi connectivity index (χ3v) is 3.86. The number of aryl methyl sites for hydroxylation is 1. The van der Waals surface area contributed by atoms with Crippen molar-refractivity contribution in [2.75, 3.05) is 5.32 Å². The molecule has 2 aromatic heterocycles. The van der Waals surface area contributed by atoms with Gasteiger partial charge in [-0.25, -0.2) is 4.98 Å². The molecule has 0 spiro atoms. The number of hydrogen-bond donors (Lipinski definition) is 1. The van der Waals surface area contributed by atoms with E-state index in [2.05, 4.69) is 27.5 Å². The average molecular weight is 320 g/mol. The van der Waals surface area contributed by atoms with E-state index in [1.165, 1.54) is 0 Å². The lowest BCUT2D eigenvalue weighted by Crippen LogP contribution is -2.15. The number of aromatic nitrogens is 3. The second-order valence-corrected chi connectivity index (χ2v) is 5.67. The molecule has 0 bridgehead atoms. The molecule has 1 amide bonds. The highest BCUT2D eigenvalue weighted by Gasteiger charge is 2.17. The number of pyridine rings is 1. The number of amides is 1. The molecule has 0 unspecified atom stereocenters. The van der Waals surface area contributed by atoms with Crippen molar-refractivity contribution in [2.24, 2.45) is 0 Å². The van der Waals surface area contributed by atoms with Crippen LogP contribution in [0.15, 0.2) is 54.9 Å². The summed E-state index contributed by atoms with van der Waals surface area (Å²) < 4.78 is 1.88. The summed E-state index contributed by atoms with van der Waals surface area (Å²) in [5.74, 6) is 0.377. The highest BCUT2D eigenvalue weighted by Crippen LogP contribution is 2.15. The summed E-state index contributed by atoms with van der Waals surface area (Å²) in [6, 6.07) is 13.8. The molecule has 0 aliphatic carbocycles. The van der Waals surface area contributed by atoms with Gasteiger partial charge >= 0.3 is 0 Å². The lowest BCUT2D eigenvalue weighted by molar-refractivity contribution is 0.102. The number of rotatable bonds is 5. The van der Waals surface area contributed by atoms with Gasteiger partial charge in [-0.3, -0.25) is 9.48 Å². The molecule has 0 saturated carbocycles. The zero-order chi connectivity index (χ0) is 16.9. The fourth-order valence-corrected chi connectivity index (χ4v) is 2.65. The average Bonchev–Trinajstić information content (AvgIpc) is 2.98. The van der Waals surface area contributed by atoms with Gasteiger partial charge in [-0.1, -0.05) is 37.3 Å². The highest BCUT2D eigenvalue weighted by molar-refractivity contribution is 6.04. The SMILES string of the molecule is CCc1c(C(=O)Nc2cc(C)ccn2)cnn1Cc1ccccc1. The van der Waals surface area contributed by atoms with Crippen LogP contribution in [0.2, 0.25) is 0 Å². The molecule has 0 aliphatic heterocycles. The van der Waals surface area contributed by atoms with Gasteiger partial charge in [-0.15, -0.1) is 0 Å². The predicted octanol–water partition coefficient (Wildman–Crippen LogP) is 3.45. The molecule has 2 heterocycles. The number of carbonyl (C=O) groups is 1. The van der Waals surface area contributed by atoms with Gasteiger partial charge in [0.25, 0.3) is 5.91 Å². The summed E-state index contributed by atoms with van der Waals surface area (Å²) in [4.78, 5) is 16.7. The predicted molar refractivity (Wildman–Crippen MR) is 94.1 cm³/mol. The number of hydrogen-bond acceptors (Lipinski definition) is 3. The molecule has 0 saturated heterocycles. The molecular formula is C19H20N4O. The lowest BCUT2D eigenvalue weighted by atomic mass is 10.1. The minimum Gasteiger partial charge on any atom is -0.306 e. The molecule has 0 radical (unpaired) electrons. The van der Waals surface area contributed by atoms with Crippen molar-refractivity contribution in [3.8, 4) is 0 Å². The smallest absolute Gasteiger partial charge is 0.260 e. The van der Waals surface area contributed by atoms with Crippen LogP contribution in [0.25, 0.3) is 0 Å². The first-order valence-electron chi connectivity index (χ1n) is 8.00. The molecule has 3 rings (SSSR count). The number of carbonyl (C=O) groups excluding carboxylic acids is 1. The van der Waals surface area contributed by atoms with Crippen LogP contribution in [0, 0.1) is 6.92 Å². The van der Waals surface area contributed by atoms with Crippen LogP contribution >= 0.6 is 0 Å². The Bertz CT molecular complexity index is 840. The van der Waals surface area contributed by atoms with Crippen LogP contribution in [0.5, 0.6) is 0 Å². The number of benzene rings is 1. The van der Waals surface area contributed by atoms with E-state index in [1.54, 1.807) is 12.4 Å². The normalized spacial score (nSPS) is 10.6. The van der Waals surface area contributed by atoms with Crippen LogP contribution in [-0.4, -0.2) is 20.7 Å². The van der Waals surface area contributed by atoms with Crippen molar-refractivity contribution in [3.63, 3.8) is 0 Å². The van der Waals surface area contributed by atoms with Crippen LogP contribution in [0.4, 0.5) is 5.82 Å². The van der Waals surface area contributed by atoms with E-state index in [-0.39, 0.29) is 5.91 Å². The highest BCUT2D eigenvalue weighted by atomic mass is 16.1. The topological polar surface area (TPSA) is 59.8 Å². The summed E-state index contributed by atoms with van der Waals surface area (Å²) in [6.07, 6.45) is 4.05. The van der Waals surface area contributed by atoms with E-state index in [0.29, 0.717) is 17.9 Å². The van der Waals surface area contributed by atoms with Gasteiger partial charge in [0.15, 0.2) is 0 Å². The fraction of sp³-hybridized carbons (Fsp3) is 0.211. The van der Waals surface area contributed by atoms with Crippen LogP contribution in [0.3, 0.4) is 0 Å². The summed E-state index contributed by atoms with van der Waals surface area (Å²) in [6.45, 7) is 4.65. The Kier molecular flexibility index (Phi) is 4.70. The Morgan fingerprint density at radius 1 is 1.21 bits per heavy atom. The fourth-order valence-electron chi connectivity index (χ4n) is 2.65. The van der Waals surface area contributed by atoms with Crippen molar-refractivity contribution in [3.05, 3.63) is 77.2 Å². The van der Waals surface area contributed by atoms with Gasteiger partial charge < -0.3 is 5.32 Å². The summed E-state index contributed by atoms with van der Waals surface area (Å²) in [7, 11) is 0. The third kappa shape index (κ3) is 3.51. The maximum atomic E-state index is 12.6. The molecule has 3 aromatic rings.